The number of Topliss-reactive ketones (excluding diaryl/α,β-unsaturated/α-hetero) is 4. The van der Waals surface area contributed by atoms with E-state index >= 15 is 0 Å². The van der Waals surface area contributed by atoms with Crippen LogP contribution in [0.2, 0.25) is 0 Å². The molecule has 0 fully saturated rings. The molecule has 0 atom stereocenters. The Hall–Kier alpha value is -3.08. The largest absolute Gasteiger partial charge is 0.450 e. The zero-order valence-electron chi connectivity index (χ0n) is 15.2. The van der Waals surface area contributed by atoms with Gasteiger partial charge in [0, 0.05) is 31.3 Å². The van der Waals surface area contributed by atoms with Gasteiger partial charge < -0.3 is 0 Å². The number of fused-ring (bicyclic) bond motifs is 3. The lowest BCUT2D eigenvalue weighted by atomic mass is 10.0. The van der Waals surface area contributed by atoms with Crippen molar-refractivity contribution in [3.05, 3.63) is 47.5 Å². The molecule has 0 N–H and O–H groups in total. The molecular weight excluding hydrogens is 450 g/mol. The molecule has 1 heterocycles. The van der Waals surface area contributed by atoms with Crippen LogP contribution in [0, 0.1) is 0 Å². The van der Waals surface area contributed by atoms with Gasteiger partial charge in [-0.2, -0.15) is 26.3 Å². The van der Waals surface area contributed by atoms with Crippen molar-refractivity contribution in [1.29, 1.82) is 0 Å². The normalized spacial score (nSPS) is 12.3. The van der Waals surface area contributed by atoms with Crippen molar-refractivity contribution in [3.8, 4) is 0 Å². The van der Waals surface area contributed by atoms with Gasteiger partial charge in [-0.1, -0.05) is 0 Å². The number of halogens is 6. The molecule has 3 aromatic rings. The molecule has 0 aliphatic heterocycles. The van der Waals surface area contributed by atoms with Gasteiger partial charge >= 0.3 is 12.4 Å². The van der Waals surface area contributed by atoms with Gasteiger partial charge in [0.1, 0.15) is 0 Å². The molecule has 0 aliphatic carbocycles. The van der Waals surface area contributed by atoms with E-state index in [9.17, 15) is 45.5 Å². The maximum Gasteiger partial charge on any atom is 0.450 e. The Kier molecular flexibility index (Phi) is 5.74. The summed E-state index contributed by atoms with van der Waals surface area (Å²) in [4.78, 5) is 46.3. The minimum Gasteiger partial charge on any atom is -0.294 e. The fourth-order valence-corrected chi connectivity index (χ4v) is 3.89. The molecule has 0 aliphatic rings. The van der Waals surface area contributed by atoms with Crippen molar-refractivity contribution >= 4 is 54.6 Å². The number of carbonyl (C=O) groups is 4. The highest BCUT2D eigenvalue weighted by molar-refractivity contribution is 7.25. The second-order valence-corrected chi connectivity index (χ2v) is 7.65. The molecule has 0 saturated carbocycles. The van der Waals surface area contributed by atoms with E-state index in [0.29, 0.717) is 20.2 Å². The number of ketones is 4. The van der Waals surface area contributed by atoms with Crippen LogP contribution in [-0.4, -0.2) is 35.5 Å². The first kappa shape index (κ1) is 22.6. The number of alkyl halides is 6. The van der Waals surface area contributed by atoms with Crippen LogP contribution in [-0.2, 0) is 9.59 Å². The molecule has 31 heavy (non-hydrogen) atoms. The van der Waals surface area contributed by atoms with E-state index < -0.39 is 48.3 Å². The predicted octanol–water partition coefficient (Wildman–Crippen LogP) is 5.46. The van der Waals surface area contributed by atoms with Gasteiger partial charge in [0.2, 0.25) is 11.6 Å². The van der Waals surface area contributed by atoms with Crippen molar-refractivity contribution in [2.75, 3.05) is 0 Å². The van der Waals surface area contributed by atoms with Crippen molar-refractivity contribution in [3.63, 3.8) is 0 Å². The summed E-state index contributed by atoms with van der Waals surface area (Å²) in [5.41, 5.74) is -0.317. The molecule has 162 valence electrons. The van der Waals surface area contributed by atoms with Crippen LogP contribution in [0.15, 0.2) is 36.4 Å². The number of rotatable bonds is 6. The quantitative estimate of drug-likeness (QED) is 0.278. The van der Waals surface area contributed by atoms with Crippen molar-refractivity contribution in [1.82, 2.24) is 0 Å². The highest BCUT2D eigenvalue weighted by Gasteiger charge is 2.40. The third kappa shape index (κ3) is 4.82. The lowest BCUT2D eigenvalue weighted by Gasteiger charge is -2.05. The van der Waals surface area contributed by atoms with Crippen LogP contribution in [0.4, 0.5) is 26.3 Å². The Balaban J connectivity index is 1.96. The van der Waals surface area contributed by atoms with Gasteiger partial charge in [0.25, 0.3) is 0 Å². The number of hydrogen-bond acceptors (Lipinski definition) is 5. The second-order valence-electron chi connectivity index (χ2n) is 6.57. The van der Waals surface area contributed by atoms with Crippen molar-refractivity contribution in [2.24, 2.45) is 0 Å². The number of benzene rings is 2. The van der Waals surface area contributed by atoms with Crippen LogP contribution in [0.1, 0.15) is 33.6 Å². The fraction of sp³-hybridized carbons (Fsp3) is 0.200. The standard InChI is InChI=1S/C20H10F6O4S/c21-19(22,23)17(29)7-13(27)9-1-3-15-11(5-9)12-6-10(2-4-16(12)31-15)14(28)8-18(30)20(24,25)26/h1-6H,7-8H2. The molecule has 0 saturated heterocycles. The Morgan fingerprint density at radius 2 is 1.00 bits per heavy atom. The van der Waals surface area contributed by atoms with E-state index in [-0.39, 0.29) is 11.1 Å². The summed E-state index contributed by atoms with van der Waals surface area (Å²) in [6.45, 7) is 0. The Morgan fingerprint density at radius 3 is 1.32 bits per heavy atom. The monoisotopic (exact) mass is 460 g/mol. The maximum absolute atomic E-state index is 12.4. The molecule has 4 nitrogen and oxygen atoms in total. The molecule has 0 bridgehead atoms. The van der Waals surface area contributed by atoms with E-state index in [4.69, 9.17) is 0 Å². The van der Waals surface area contributed by atoms with Gasteiger partial charge in [-0.05, 0) is 36.4 Å². The maximum atomic E-state index is 12.4. The third-order valence-corrected chi connectivity index (χ3v) is 5.54. The summed E-state index contributed by atoms with van der Waals surface area (Å²) in [6, 6.07) is 7.96. The van der Waals surface area contributed by atoms with Crippen LogP contribution in [0.5, 0.6) is 0 Å². The third-order valence-electron chi connectivity index (χ3n) is 4.39. The molecular formula is C20H10F6O4S. The SMILES string of the molecule is O=C(CC(=O)C(F)(F)F)c1ccc2sc3ccc(C(=O)CC(=O)C(F)(F)F)cc3c2c1. The second kappa shape index (κ2) is 7.88. The molecule has 0 spiro atoms. The number of thiophene rings is 1. The van der Waals surface area contributed by atoms with Crippen LogP contribution in [0.25, 0.3) is 20.2 Å². The van der Waals surface area contributed by atoms with Gasteiger partial charge in [-0.25, -0.2) is 0 Å². The van der Waals surface area contributed by atoms with Crippen LogP contribution < -0.4 is 0 Å². The number of hydrogen-bond donors (Lipinski definition) is 0. The van der Waals surface area contributed by atoms with E-state index in [2.05, 4.69) is 0 Å². The highest BCUT2D eigenvalue weighted by atomic mass is 32.1. The van der Waals surface area contributed by atoms with E-state index in [1.807, 2.05) is 0 Å². The molecule has 11 heteroatoms. The van der Waals surface area contributed by atoms with Crippen LogP contribution in [0.3, 0.4) is 0 Å². The zero-order valence-corrected chi connectivity index (χ0v) is 16.0. The first-order valence-corrected chi connectivity index (χ1v) is 9.32. The smallest absolute Gasteiger partial charge is 0.294 e. The summed E-state index contributed by atoms with van der Waals surface area (Å²) in [5, 5.41) is 0.754. The summed E-state index contributed by atoms with van der Waals surface area (Å²) in [7, 11) is 0. The van der Waals surface area contributed by atoms with E-state index in [0.717, 1.165) is 0 Å². The Bertz CT molecular complexity index is 1140. The molecule has 0 amide bonds. The summed E-state index contributed by atoms with van der Waals surface area (Å²) < 4.78 is 75.6. The number of carbonyl (C=O) groups excluding carboxylic acids is 4. The van der Waals surface area contributed by atoms with Gasteiger partial charge in [0.05, 0.1) is 12.8 Å². The minimum atomic E-state index is -5.14. The summed E-state index contributed by atoms with van der Waals surface area (Å²) >= 11 is 1.22. The van der Waals surface area contributed by atoms with Gasteiger partial charge in [0.15, 0.2) is 11.6 Å². The first-order valence-electron chi connectivity index (χ1n) is 8.50. The average Bonchev–Trinajstić information content (AvgIpc) is 3.03. The lowest BCUT2D eigenvalue weighted by Crippen LogP contribution is -2.25. The highest BCUT2D eigenvalue weighted by Crippen LogP contribution is 2.35. The first-order chi connectivity index (χ1) is 14.3. The molecule has 2 aromatic carbocycles. The molecule has 3 rings (SSSR count). The predicted molar refractivity (Wildman–Crippen MR) is 99.4 cm³/mol. The Morgan fingerprint density at radius 1 is 0.645 bits per heavy atom. The summed E-state index contributed by atoms with van der Waals surface area (Å²) in [5.74, 6) is -6.47. The summed E-state index contributed by atoms with van der Waals surface area (Å²) in [6.07, 6.45) is -13.0. The Labute approximate surface area is 173 Å². The zero-order chi connectivity index (χ0) is 23.1. The van der Waals surface area contributed by atoms with Crippen molar-refractivity contribution < 1.29 is 45.5 Å². The lowest BCUT2D eigenvalue weighted by molar-refractivity contribution is -0.170. The van der Waals surface area contributed by atoms with E-state index in [1.54, 1.807) is 0 Å². The average molecular weight is 460 g/mol. The van der Waals surface area contributed by atoms with Crippen molar-refractivity contribution in [2.45, 2.75) is 25.2 Å². The van der Waals surface area contributed by atoms with Gasteiger partial charge in [-0.3, -0.25) is 19.2 Å². The minimum absolute atomic E-state index is 0.159. The molecule has 1 aromatic heterocycles. The van der Waals surface area contributed by atoms with Crippen LogP contribution >= 0.6 is 11.3 Å². The fourth-order valence-electron chi connectivity index (χ4n) is 2.82. The topological polar surface area (TPSA) is 68.3 Å². The van der Waals surface area contributed by atoms with Gasteiger partial charge in [-0.15, -0.1) is 11.3 Å². The molecule has 0 unspecified atom stereocenters. The molecule has 0 radical (unpaired) electrons. The van der Waals surface area contributed by atoms with E-state index in [1.165, 1.54) is 47.7 Å².